The zero-order valence-corrected chi connectivity index (χ0v) is 10.1. The Morgan fingerprint density at radius 1 is 1.16 bits per heavy atom. The summed E-state index contributed by atoms with van der Waals surface area (Å²) in [6.07, 6.45) is -4.02. The van der Waals surface area contributed by atoms with Crippen molar-refractivity contribution in [1.82, 2.24) is 4.98 Å². The Morgan fingerprint density at radius 2 is 1.89 bits per heavy atom. The zero-order valence-electron chi connectivity index (χ0n) is 10.1. The van der Waals surface area contributed by atoms with Crippen molar-refractivity contribution in [2.75, 3.05) is 0 Å². The lowest BCUT2D eigenvalue weighted by Gasteiger charge is -2.13. The van der Waals surface area contributed by atoms with Gasteiger partial charge in [-0.1, -0.05) is 18.2 Å². The van der Waals surface area contributed by atoms with Crippen LogP contribution >= 0.6 is 0 Å². The number of aromatic nitrogens is 1. The highest BCUT2D eigenvalue weighted by Crippen LogP contribution is 2.31. The summed E-state index contributed by atoms with van der Waals surface area (Å²) in [6.45, 7) is 1.84. The number of aliphatic hydroxyl groups is 1. The van der Waals surface area contributed by atoms with E-state index in [0.717, 1.165) is 17.7 Å². The lowest BCUT2D eigenvalue weighted by Crippen LogP contribution is -2.08. The van der Waals surface area contributed by atoms with Crippen molar-refractivity contribution in [3.8, 4) is 0 Å². The van der Waals surface area contributed by atoms with Gasteiger partial charge in [0.05, 0.1) is 11.3 Å². The van der Waals surface area contributed by atoms with Crippen molar-refractivity contribution < 1.29 is 18.3 Å². The number of rotatable bonds is 2. The highest BCUT2D eigenvalue weighted by molar-refractivity contribution is 5.31. The molecule has 1 aromatic heterocycles. The lowest BCUT2D eigenvalue weighted by molar-refractivity contribution is -0.137. The minimum atomic E-state index is -4.42. The maximum atomic E-state index is 12.6. The van der Waals surface area contributed by atoms with E-state index in [1.54, 1.807) is 18.3 Å². The van der Waals surface area contributed by atoms with Crippen molar-refractivity contribution >= 4 is 0 Å². The van der Waals surface area contributed by atoms with E-state index >= 15 is 0 Å². The summed E-state index contributed by atoms with van der Waals surface area (Å²) in [6, 6.07) is 7.97. The molecule has 0 fully saturated rings. The molecule has 1 aromatic carbocycles. The van der Waals surface area contributed by atoms with Gasteiger partial charge < -0.3 is 5.11 Å². The Hall–Kier alpha value is -1.88. The van der Waals surface area contributed by atoms with Crippen molar-refractivity contribution in [2.45, 2.75) is 19.2 Å². The van der Waals surface area contributed by atoms with Crippen molar-refractivity contribution in [3.05, 3.63) is 65.0 Å². The summed E-state index contributed by atoms with van der Waals surface area (Å²) in [5, 5.41) is 10.0. The SMILES string of the molecule is Cc1ccc(C(O)c2cccc(C(F)(F)F)c2)nc1. The second kappa shape index (κ2) is 5.01. The third kappa shape index (κ3) is 3.12. The standard InChI is InChI=1S/C14H12F3NO/c1-9-5-6-12(18-8-9)13(19)10-3-2-4-11(7-10)14(15,16)17/h2-8,13,19H,1H3. The first-order valence-corrected chi connectivity index (χ1v) is 5.66. The van der Waals surface area contributed by atoms with E-state index < -0.39 is 17.8 Å². The van der Waals surface area contributed by atoms with Gasteiger partial charge in [-0.25, -0.2) is 0 Å². The monoisotopic (exact) mass is 267 g/mol. The zero-order chi connectivity index (χ0) is 14.0. The number of hydrogen-bond donors (Lipinski definition) is 1. The van der Waals surface area contributed by atoms with Gasteiger partial charge in [0.1, 0.15) is 6.10 Å². The van der Waals surface area contributed by atoms with Crippen LogP contribution in [0, 0.1) is 6.92 Å². The smallest absolute Gasteiger partial charge is 0.382 e. The van der Waals surface area contributed by atoms with Crippen LogP contribution in [0.15, 0.2) is 42.6 Å². The number of hydrogen-bond acceptors (Lipinski definition) is 2. The minimum absolute atomic E-state index is 0.172. The number of pyridine rings is 1. The quantitative estimate of drug-likeness (QED) is 0.903. The molecule has 1 N–H and O–H groups in total. The molecule has 0 spiro atoms. The maximum Gasteiger partial charge on any atom is 0.416 e. The largest absolute Gasteiger partial charge is 0.416 e. The molecule has 19 heavy (non-hydrogen) atoms. The first-order valence-electron chi connectivity index (χ1n) is 5.66. The highest BCUT2D eigenvalue weighted by atomic mass is 19.4. The third-order valence-electron chi connectivity index (χ3n) is 2.74. The van der Waals surface area contributed by atoms with Crippen LogP contribution in [-0.2, 0) is 6.18 Å². The molecule has 0 radical (unpaired) electrons. The van der Waals surface area contributed by atoms with Gasteiger partial charge in [0, 0.05) is 6.20 Å². The lowest BCUT2D eigenvalue weighted by atomic mass is 10.0. The van der Waals surface area contributed by atoms with Crippen LogP contribution in [0.2, 0.25) is 0 Å². The number of nitrogens with zero attached hydrogens (tertiary/aromatic N) is 1. The predicted molar refractivity (Wildman–Crippen MR) is 64.5 cm³/mol. The van der Waals surface area contributed by atoms with Crippen LogP contribution in [0.25, 0.3) is 0 Å². The van der Waals surface area contributed by atoms with Gasteiger partial charge in [0.2, 0.25) is 0 Å². The topological polar surface area (TPSA) is 33.1 Å². The summed E-state index contributed by atoms with van der Waals surface area (Å²) >= 11 is 0. The second-order valence-corrected chi connectivity index (χ2v) is 4.29. The van der Waals surface area contributed by atoms with Crippen LogP contribution in [0.3, 0.4) is 0 Å². The Kier molecular flexibility index (Phi) is 3.57. The van der Waals surface area contributed by atoms with Gasteiger partial charge >= 0.3 is 6.18 Å². The average molecular weight is 267 g/mol. The fourth-order valence-electron chi connectivity index (χ4n) is 1.70. The van der Waals surface area contributed by atoms with Gasteiger partial charge in [0.15, 0.2) is 0 Å². The normalized spacial score (nSPS) is 13.3. The minimum Gasteiger partial charge on any atom is -0.382 e. The Balaban J connectivity index is 2.34. The molecule has 0 aliphatic carbocycles. The van der Waals surface area contributed by atoms with Gasteiger partial charge in [0.25, 0.3) is 0 Å². The number of halogens is 3. The summed E-state index contributed by atoms with van der Waals surface area (Å²) in [4.78, 5) is 4.02. The van der Waals surface area contributed by atoms with Crippen LogP contribution in [0.4, 0.5) is 13.2 Å². The first kappa shape index (κ1) is 13.5. The van der Waals surface area contributed by atoms with E-state index in [9.17, 15) is 18.3 Å². The molecular formula is C14H12F3NO. The Labute approximate surface area is 108 Å². The number of benzene rings is 1. The molecule has 0 bridgehead atoms. The molecular weight excluding hydrogens is 255 g/mol. The van der Waals surface area contributed by atoms with Gasteiger partial charge in [-0.15, -0.1) is 0 Å². The van der Waals surface area contributed by atoms with Crippen LogP contribution in [0.5, 0.6) is 0 Å². The molecule has 100 valence electrons. The molecule has 0 aliphatic rings. The maximum absolute atomic E-state index is 12.6. The molecule has 2 aromatic rings. The van der Waals surface area contributed by atoms with Crippen molar-refractivity contribution in [1.29, 1.82) is 0 Å². The van der Waals surface area contributed by atoms with E-state index in [4.69, 9.17) is 0 Å². The van der Waals surface area contributed by atoms with E-state index in [-0.39, 0.29) is 5.56 Å². The molecule has 0 saturated heterocycles. The van der Waals surface area contributed by atoms with Crippen molar-refractivity contribution in [3.63, 3.8) is 0 Å². The molecule has 0 amide bonds. The molecule has 0 saturated carbocycles. The molecule has 1 unspecified atom stereocenters. The molecule has 1 heterocycles. The van der Waals surface area contributed by atoms with E-state index in [0.29, 0.717) is 5.69 Å². The van der Waals surface area contributed by atoms with Crippen molar-refractivity contribution in [2.24, 2.45) is 0 Å². The summed E-state index contributed by atoms with van der Waals surface area (Å²) in [5.41, 5.74) is 0.632. The predicted octanol–water partition coefficient (Wildman–Crippen LogP) is 3.49. The fraction of sp³-hybridized carbons (Fsp3) is 0.214. The molecule has 2 nitrogen and oxygen atoms in total. The van der Waals surface area contributed by atoms with Gasteiger partial charge in [-0.2, -0.15) is 13.2 Å². The summed E-state index contributed by atoms with van der Waals surface area (Å²) in [5.74, 6) is 0. The summed E-state index contributed by atoms with van der Waals surface area (Å²) in [7, 11) is 0. The number of aryl methyl sites for hydroxylation is 1. The van der Waals surface area contributed by atoms with Gasteiger partial charge in [-0.3, -0.25) is 4.98 Å². The van der Waals surface area contributed by atoms with E-state index in [2.05, 4.69) is 4.98 Å². The second-order valence-electron chi connectivity index (χ2n) is 4.29. The molecule has 2 rings (SSSR count). The van der Waals surface area contributed by atoms with E-state index in [1.807, 2.05) is 6.92 Å². The molecule has 5 heteroatoms. The van der Waals surface area contributed by atoms with Crippen LogP contribution < -0.4 is 0 Å². The average Bonchev–Trinajstić information content (AvgIpc) is 2.38. The number of alkyl halides is 3. The fourth-order valence-corrected chi connectivity index (χ4v) is 1.70. The van der Waals surface area contributed by atoms with Crippen LogP contribution in [0.1, 0.15) is 28.5 Å². The third-order valence-corrected chi connectivity index (χ3v) is 2.74. The van der Waals surface area contributed by atoms with Crippen LogP contribution in [-0.4, -0.2) is 10.1 Å². The highest BCUT2D eigenvalue weighted by Gasteiger charge is 2.31. The molecule has 0 aliphatic heterocycles. The number of aliphatic hydroxyl groups excluding tert-OH is 1. The first-order chi connectivity index (χ1) is 8.88. The Bertz CT molecular complexity index is 564. The Morgan fingerprint density at radius 3 is 2.47 bits per heavy atom. The van der Waals surface area contributed by atoms with Gasteiger partial charge in [-0.05, 0) is 36.2 Å². The summed E-state index contributed by atoms with van der Waals surface area (Å²) < 4.78 is 37.8. The van der Waals surface area contributed by atoms with E-state index in [1.165, 1.54) is 12.1 Å². The molecule has 1 atom stereocenters.